The molecule has 1 aliphatic rings. The number of carbonyl (C=O) groups excluding carboxylic acids is 1. The standard InChI is InChI=1S/C22H28N2O3.ClH/c1-15(24-22(25)21(23)16-8-4-3-5-9-16)17-12-13-19(20(14-17)26-2)27-18-10-6-7-11-18;/h3-5,8-9,12-15,18,21H,6-7,10-11,23H2,1-2H3,(H,24,25);1H. The van der Waals surface area contributed by atoms with Crippen molar-refractivity contribution in [2.75, 3.05) is 7.11 Å². The molecule has 2 atom stereocenters. The number of halogens is 1. The van der Waals surface area contributed by atoms with Crippen LogP contribution in [0.25, 0.3) is 0 Å². The van der Waals surface area contributed by atoms with Crippen LogP contribution in [0.15, 0.2) is 48.5 Å². The summed E-state index contributed by atoms with van der Waals surface area (Å²) in [5.74, 6) is 1.24. The molecule has 5 nitrogen and oxygen atoms in total. The lowest BCUT2D eigenvalue weighted by atomic mass is 10.0. The molecule has 0 spiro atoms. The maximum absolute atomic E-state index is 12.5. The van der Waals surface area contributed by atoms with Crippen LogP contribution >= 0.6 is 12.4 Å². The Labute approximate surface area is 173 Å². The van der Waals surface area contributed by atoms with Crippen LogP contribution in [0.3, 0.4) is 0 Å². The van der Waals surface area contributed by atoms with Crippen molar-refractivity contribution < 1.29 is 14.3 Å². The Morgan fingerprint density at radius 2 is 1.75 bits per heavy atom. The monoisotopic (exact) mass is 404 g/mol. The summed E-state index contributed by atoms with van der Waals surface area (Å²) in [6.07, 6.45) is 4.89. The van der Waals surface area contributed by atoms with Crippen molar-refractivity contribution >= 4 is 18.3 Å². The summed E-state index contributed by atoms with van der Waals surface area (Å²) in [5.41, 5.74) is 7.82. The summed E-state index contributed by atoms with van der Waals surface area (Å²) in [7, 11) is 1.63. The van der Waals surface area contributed by atoms with Gasteiger partial charge in [0, 0.05) is 0 Å². The minimum atomic E-state index is -0.694. The largest absolute Gasteiger partial charge is 0.493 e. The van der Waals surface area contributed by atoms with E-state index >= 15 is 0 Å². The lowest BCUT2D eigenvalue weighted by Gasteiger charge is -2.20. The van der Waals surface area contributed by atoms with Crippen LogP contribution in [0, 0.1) is 0 Å². The molecule has 2 aromatic carbocycles. The van der Waals surface area contributed by atoms with Crippen molar-refractivity contribution in [2.45, 2.75) is 50.8 Å². The van der Waals surface area contributed by atoms with Crippen molar-refractivity contribution in [3.8, 4) is 11.5 Å². The van der Waals surface area contributed by atoms with Gasteiger partial charge in [0.2, 0.25) is 5.91 Å². The first-order valence-electron chi connectivity index (χ1n) is 9.54. The van der Waals surface area contributed by atoms with E-state index in [1.54, 1.807) is 7.11 Å². The van der Waals surface area contributed by atoms with Crippen molar-refractivity contribution in [1.82, 2.24) is 5.32 Å². The van der Waals surface area contributed by atoms with Gasteiger partial charge in [0.25, 0.3) is 0 Å². The Hall–Kier alpha value is -2.24. The quantitative estimate of drug-likeness (QED) is 0.720. The van der Waals surface area contributed by atoms with Crippen LogP contribution in [0.5, 0.6) is 11.5 Å². The zero-order valence-corrected chi connectivity index (χ0v) is 17.2. The molecule has 6 heteroatoms. The molecule has 3 N–H and O–H groups in total. The molecular weight excluding hydrogens is 376 g/mol. The third kappa shape index (κ3) is 5.40. The number of hydrogen-bond donors (Lipinski definition) is 2. The summed E-state index contributed by atoms with van der Waals surface area (Å²) in [5, 5.41) is 2.98. The number of benzene rings is 2. The number of ether oxygens (including phenoxy) is 2. The molecule has 0 heterocycles. The van der Waals surface area contributed by atoms with E-state index in [1.165, 1.54) is 12.8 Å². The average molecular weight is 405 g/mol. The predicted molar refractivity (Wildman–Crippen MR) is 113 cm³/mol. The molecule has 0 radical (unpaired) electrons. The zero-order chi connectivity index (χ0) is 19.2. The third-order valence-electron chi connectivity index (χ3n) is 5.08. The molecule has 1 fully saturated rings. The SMILES string of the molecule is COc1cc(C(C)NC(=O)C(N)c2ccccc2)ccc1OC1CCCC1.Cl. The number of carbonyl (C=O) groups is 1. The van der Waals surface area contributed by atoms with Crippen molar-refractivity contribution in [2.24, 2.45) is 5.73 Å². The molecule has 0 aliphatic heterocycles. The Morgan fingerprint density at radius 3 is 2.39 bits per heavy atom. The summed E-state index contributed by atoms with van der Waals surface area (Å²) in [4.78, 5) is 12.5. The highest BCUT2D eigenvalue weighted by Gasteiger charge is 2.21. The molecule has 0 aromatic heterocycles. The molecule has 0 saturated heterocycles. The second-order valence-corrected chi connectivity index (χ2v) is 7.05. The highest BCUT2D eigenvalue weighted by molar-refractivity contribution is 5.85. The fraction of sp³-hybridized carbons (Fsp3) is 0.409. The summed E-state index contributed by atoms with van der Waals surface area (Å²) in [6, 6.07) is 14.3. The van der Waals surface area contributed by atoms with Gasteiger partial charge in [-0.25, -0.2) is 0 Å². The zero-order valence-electron chi connectivity index (χ0n) is 16.4. The molecule has 2 aromatic rings. The lowest BCUT2D eigenvalue weighted by Crippen LogP contribution is -2.35. The van der Waals surface area contributed by atoms with Crippen LogP contribution in [0.2, 0.25) is 0 Å². The van der Waals surface area contributed by atoms with E-state index in [9.17, 15) is 4.79 Å². The van der Waals surface area contributed by atoms with Crippen molar-refractivity contribution in [3.63, 3.8) is 0 Å². The smallest absolute Gasteiger partial charge is 0.241 e. The van der Waals surface area contributed by atoms with Crippen LogP contribution in [-0.4, -0.2) is 19.1 Å². The minimum Gasteiger partial charge on any atom is -0.493 e. The first kappa shape index (κ1) is 22.1. The van der Waals surface area contributed by atoms with Crippen LogP contribution in [-0.2, 0) is 4.79 Å². The van der Waals surface area contributed by atoms with Gasteiger partial charge in [-0.3, -0.25) is 4.79 Å². The molecule has 2 unspecified atom stereocenters. The fourth-order valence-electron chi connectivity index (χ4n) is 3.43. The molecular formula is C22H29ClN2O3. The number of nitrogens with two attached hydrogens (primary N) is 1. The molecule has 28 heavy (non-hydrogen) atoms. The van der Waals surface area contributed by atoms with Gasteiger partial charge in [-0.15, -0.1) is 12.4 Å². The highest BCUT2D eigenvalue weighted by atomic mass is 35.5. The van der Waals surface area contributed by atoms with Gasteiger partial charge in [0.05, 0.1) is 19.3 Å². The summed E-state index contributed by atoms with van der Waals surface area (Å²) in [6.45, 7) is 1.93. The van der Waals surface area contributed by atoms with E-state index in [2.05, 4.69) is 5.32 Å². The van der Waals surface area contributed by atoms with Crippen LogP contribution in [0.4, 0.5) is 0 Å². The van der Waals surface area contributed by atoms with Gasteiger partial charge in [-0.2, -0.15) is 0 Å². The molecule has 1 aliphatic carbocycles. The number of hydrogen-bond acceptors (Lipinski definition) is 4. The van der Waals surface area contributed by atoms with Gasteiger partial charge < -0.3 is 20.5 Å². The number of amides is 1. The average Bonchev–Trinajstić information content (AvgIpc) is 3.21. The van der Waals surface area contributed by atoms with Gasteiger partial charge in [0.1, 0.15) is 6.04 Å². The predicted octanol–water partition coefficient (Wildman–Crippen LogP) is 4.32. The molecule has 1 saturated carbocycles. The molecule has 152 valence electrons. The first-order valence-corrected chi connectivity index (χ1v) is 9.54. The van der Waals surface area contributed by atoms with Crippen LogP contribution in [0.1, 0.15) is 55.8 Å². The molecule has 1 amide bonds. The number of rotatable bonds is 7. The van der Waals surface area contributed by atoms with E-state index < -0.39 is 6.04 Å². The molecule has 0 bridgehead atoms. The Kier molecular flexibility index (Phi) is 8.15. The summed E-state index contributed by atoms with van der Waals surface area (Å²) >= 11 is 0. The highest BCUT2D eigenvalue weighted by Crippen LogP contribution is 2.33. The van der Waals surface area contributed by atoms with E-state index in [4.69, 9.17) is 15.2 Å². The number of methoxy groups -OCH3 is 1. The first-order chi connectivity index (χ1) is 13.1. The van der Waals surface area contributed by atoms with Crippen molar-refractivity contribution in [1.29, 1.82) is 0 Å². The molecule has 3 rings (SSSR count). The van der Waals surface area contributed by atoms with E-state index in [-0.39, 0.29) is 30.5 Å². The van der Waals surface area contributed by atoms with E-state index in [1.807, 2.05) is 55.5 Å². The normalized spacial score (nSPS) is 16.0. The fourth-order valence-corrected chi connectivity index (χ4v) is 3.43. The third-order valence-corrected chi connectivity index (χ3v) is 5.08. The Morgan fingerprint density at radius 1 is 1.07 bits per heavy atom. The van der Waals surface area contributed by atoms with Crippen LogP contribution < -0.4 is 20.5 Å². The number of nitrogens with one attached hydrogen (secondary N) is 1. The topological polar surface area (TPSA) is 73.6 Å². The van der Waals surface area contributed by atoms with Gasteiger partial charge >= 0.3 is 0 Å². The van der Waals surface area contributed by atoms with Crippen molar-refractivity contribution in [3.05, 3.63) is 59.7 Å². The van der Waals surface area contributed by atoms with E-state index in [0.717, 1.165) is 29.7 Å². The second kappa shape index (κ2) is 10.3. The maximum atomic E-state index is 12.5. The van der Waals surface area contributed by atoms with Gasteiger partial charge in [-0.05, 0) is 55.9 Å². The Balaban J connectivity index is 0.00000280. The second-order valence-electron chi connectivity index (χ2n) is 7.05. The van der Waals surface area contributed by atoms with Gasteiger partial charge in [-0.1, -0.05) is 36.4 Å². The summed E-state index contributed by atoms with van der Waals surface area (Å²) < 4.78 is 11.6. The van der Waals surface area contributed by atoms with Gasteiger partial charge in [0.15, 0.2) is 11.5 Å². The minimum absolute atomic E-state index is 0. The Bertz CT molecular complexity index is 764. The van der Waals surface area contributed by atoms with E-state index in [0.29, 0.717) is 5.75 Å². The maximum Gasteiger partial charge on any atom is 0.241 e. The lowest BCUT2D eigenvalue weighted by molar-refractivity contribution is -0.123.